The molecular formula is C20H20FN3O6S. The van der Waals surface area contributed by atoms with Crippen LogP contribution in [0.3, 0.4) is 0 Å². The van der Waals surface area contributed by atoms with E-state index in [1.54, 1.807) is 0 Å². The topological polar surface area (TPSA) is 117 Å². The normalized spacial score (nSPS) is 23.5. The summed E-state index contributed by atoms with van der Waals surface area (Å²) in [5.41, 5.74) is 0. The zero-order chi connectivity index (χ0) is 22.3. The zero-order valence-electron chi connectivity index (χ0n) is 16.5. The highest BCUT2D eigenvalue weighted by molar-refractivity contribution is 7.89. The molecule has 164 valence electrons. The number of carbonyl (C=O) groups is 2. The van der Waals surface area contributed by atoms with Gasteiger partial charge in [-0.25, -0.2) is 17.8 Å². The van der Waals surface area contributed by atoms with E-state index in [1.807, 2.05) is 0 Å². The maximum Gasteiger partial charge on any atom is 0.324 e. The first-order valence-electron chi connectivity index (χ1n) is 9.61. The number of hydrogen-bond donors (Lipinski definition) is 1. The van der Waals surface area contributed by atoms with Gasteiger partial charge >= 0.3 is 5.97 Å². The molecule has 0 radical (unpaired) electrons. The number of nitrogens with zero attached hydrogens (tertiary/aromatic N) is 3. The van der Waals surface area contributed by atoms with Crippen LogP contribution in [0.5, 0.6) is 11.6 Å². The molecule has 2 aliphatic rings. The fourth-order valence-electron chi connectivity index (χ4n) is 4.28. The number of carboxylic acids is 1. The molecule has 2 aliphatic heterocycles. The summed E-state index contributed by atoms with van der Waals surface area (Å²) in [5.74, 6) is -1.56. The van der Waals surface area contributed by atoms with Crippen LogP contribution in [-0.4, -0.2) is 64.3 Å². The predicted molar refractivity (Wildman–Crippen MR) is 105 cm³/mol. The maximum atomic E-state index is 13.2. The van der Waals surface area contributed by atoms with Gasteiger partial charge in [-0.1, -0.05) is 0 Å². The Hall–Kier alpha value is -3.05. The Balaban J connectivity index is 1.59. The predicted octanol–water partition coefficient (Wildman–Crippen LogP) is 1.85. The van der Waals surface area contributed by atoms with Crippen molar-refractivity contribution in [3.8, 4) is 11.6 Å². The van der Waals surface area contributed by atoms with Crippen molar-refractivity contribution in [2.75, 3.05) is 6.54 Å². The SMILES string of the molecule is CC(=O)N1[C@@H]2CC[C@H]1[C@H](C(=O)O)N(S(=O)(=O)c1ccc(Oc3ccc(F)cc3)nc1)C2. The molecule has 1 N–H and O–H groups in total. The summed E-state index contributed by atoms with van der Waals surface area (Å²) in [7, 11) is -4.18. The lowest BCUT2D eigenvalue weighted by molar-refractivity contribution is -0.149. The second kappa shape index (κ2) is 7.89. The van der Waals surface area contributed by atoms with E-state index < -0.39 is 33.9 Å². The van der Waals surface area contributed by atoms with Crippen molar-refractivity contribution in [1.29, 1.82) is 0 Å². The molecule has 1 aromatic carbocycles. The van der Waals surface area contributed by atoms with Crippen molar-refractivity contribution in [1.82, 2.24) is 14.2 Å². The van der Waals surface area contributed by atoms with E-state index in [9.17, 15) is 27.5 Å². The minimum absolute atomic E-state index is 0.0940. The number of benzene rings is 1. The van der Waals surface area contributed by atoms with Crippen LogP contribution in [0.15, 0.2) is 47.5 Å². The molecular weight excluding hydrogens is 429 g/mol. The molecule has 2 saturated heterocycles. The number of carboxylic acid groups (broad SMARTS) is 1. The van der Waals surface area contributed by atoms with Crippen molar-refractivity contribution in [3.05, 3.63) is 48.4 Å². The monoisotopic (exact) mass is 449 g/mol. The van der Waals surface area contributed by atoms with Crippen molar-refractivity contribution in [2.24, 2.45) is 0 Å². The fraction of sp³-hybridized carbons (Fsp3) is 0.350. The summed E-state index contributed by atoms with van der Waals surface area (Å²) in [4.78, 5) is 29.3. The molecule has 4 rings (SSSR count). The van der Waals surface area contributed by atoms with E-state index in [2.05, 4.69) is 4.98 Å². The van der Waals surface area contributed by atoms with Gasteiger partial charge in [-0.05, 0) is 43.2 Å². The second-order valence-electron chi connectivity index (χ2n) is 7.47. The van der Waals surface area contributed by atoms with Gasteiger partial charge in [0, 0.05) is 25.6 Å². The number of hydrogen-bond acceptors (Lipinski definition) is 6. The van der Waals surface area contributed by atoms with Crippen LogP contribution in [0.25, 0.3) is 0 Å². The van der Waals surface area contributed by atoms with Crippen molar-refractivity contribution < 1.29 is 32.2 Å². The number of ether oxygens (including phenoxy) is 1. The number of sulfonamides is 1. The van der Waals surface area contributed by atoms with E-state index in [0.717, 1.165) is 10.5 Å². The molecule has 9 nitrogen and oxygen atoms in total. The summed E-state index contributed by atoms with van der Waals surface area (Å²) in [5, 5.41) is 9.76. The summed E-state index contributed by atoms with van der Waals surface area (Å²) < 4.78 is 45.9. The number of piperazine rings is 1. The third-order valence-electron chi connectivity index (χ3n) is 5.58. The Kier molecular flexibility index (Phi) is 5.40. The Labute approximate surface area is 178 Å². The van der Waals surface area contributed by atoms with Gasteiger partial charge in [-0.3, -0.25) is 9.59 Å². The first-order chi connectivity index (χ1) is 14.7. The average molecular weight is 449 g/mol. The molecule has 3 atom stereocenters. The third-order valence-corrected chi connectivity index (χ3v) is 7.41. The zero-order valence-corrected chi connectivity index (χ0v) is 17.3. The molecule has 11 heteroatoms. The number of aromatic nitrogens is 1. The van der Waals surface area contributed by atoms with E-state index in [0.29, 0.717) is 18.6 Å². The Bertz CT molecular complexity index is 1110. The van der Waals surface area contributed by atoms with Crippen LogP contribution in [-0.2, 0) is 19.6 Å². The molecule has 2 bridgehead atoms. The summed E-state index contributed by atoms with van der Waals surface area (Å²) in [6.45, 7) is 1.27. The minimum atomic E-state index is -4.18. The molecule has 0 saturated carbocycles. The summed E-state index contributed by atoms with van der Waals surface area (Å²) >= 11 is 0. The lowest BCUT2D eigenvalue weighted by Crippen LogP contribution is -2.64. The second-order valence-corrected chi connectivity index (χ2v) is 9.36. The van der Waals surface area contributed by atoms with Crippen molar-refractivity contribution in [3.63, 3.8) is 0 Å². The van der Waals surface area contributed by atoms with Crippen molar-refractivity contribution in [2.45, 2.75) is 42.8 Å². The quantitative estimate of drug-likeness (QED) is 0.740. The van der Waals surface area contributed by atoms with Gasteiger partial charge in [0.25, 0.3) is 0 Å². The Morgan fingerprint density at radius 2 is 1.87 bits per heavy atom. The third kappa shape index (κ3) is 3.86. The standard InChI is InChI=1S/C20H20FN3O6S/c1-12(25)24-14-4-8-17(24)19(20(26)27)23(11-14)31(28,29)16-7-9-18(22-10-16)30-15-5-2-13(21)3-6-15/h2-3,5-7,9-10,14,17,19H,4,8,11H2,1H3,(H,26,27)/t14-,17+,19-/m1/s1. The van der Waals surface area contributed by atoms with Crippen LogP contribution in [0.2, 0.25) is 0 Å². The van der Waals surface area contributed by atoms with Gasteiger partial charge in [0.05, 0.1) is 12.2 Å². The number of fused-ring (bicyclic) bond motifs is 2. The number of aliphatic carboxylic acids is 1. The van der Waals surface area contributed by atoms with Crippen molar-refractivity contribution >= 4 is 21.9 Å². The number of amides is 1. The number of pyridine rings is 1. The van der Waals surface area contributed by atoms with Gasteiger partial charge in [-0.15, -0.1) is 0 Å². The van der Waals surface area contributed by atoms with Crippen LogP contribution < -0.4 is 4.74 Å². The van der Waals surface area contributed by atoms with Crippen LogP contribution in [0, 0.1) is 5.82 Å². The fourth-order valence-corrected chi connectivity index (χ4v) is 5.87. The molecule has 0 aliphatic carbocycles. The van der Waals surface area contributed by atoms with E-state index >= 15 is 0 Å². The first-order valence-corrected chi connectivity index (χ1v) is 11.1. The molecule has 0 unspecified atom stereocenters. The molecule has 1 aromatic heterocycles. The summed E-state index contributed by atoms with van der Waals surface area (Å²) in [6, 6.07) is 5.42. The highest BCUT2D eigenvalue weighted by Crippen LogP contribution is 2.37. The maximum absolute atomic E-state index is 13.2. The van der Waals surface area contributed by atoms with Gasteiger partial charge in [-0.2, -0.15) is 4.31 Å². The molecule has 0 spiro atoms. The van der Waals surface area contributed by atoms with Crippen LogP contribution in [0.1, 0.15) is 19.8 Å². The number of carbonyl (C=O) groups excluding carboxylic acids is 1. The van der Waals surface area contributed by atoms with Gasteiger partial charge < -0.3 is 14.7 Å². The van der Waals surface area contributed by atoms with Crippen LogP contribution >= 0.6 is 0 Å². The average Bonchev–Trinajstić information content (AvgIpc) is 3.03. The highest BCUT2D eigenvalue weighted by Gasteiger charge is 2.54. The lowest BCUT2D eigenvalue weighted by atomic mass is 10.1. The van der Waals surface area contributed by atoms with Crippen LogP contribution in [0.4, 0.5) is 4.39 Å². The number of rotatable bonds is 5. The Morgan fingerprint density at radius 3 is 2.45 bits per heavy atom. The molecule has 1 amide bonds. The molecule has 3 heterocycles. The molecule has 2 fully saturated rings. The highest BCUT2D eigenvalue weighted by atomic mass is 32.2. The van der Waals surface area contributed by atoms with Gasteiger partial charge in [0.1, 0.15) is 22.5 Å². The first kappa shape index (κ1) is 21.2. The van der Waals surface area contributed by atoms with E-state index in [1.165, 1.54) is 48.2 Å². The smallest absolute Gasteiger partial charge is 0.324 e. The lowest BCUT2D eigenvalue weighted by Gasteiger charge is -2.43. The number of halogens is 1. The molecule has 31 heavy (non-hydrogen) atoms. The largest absolute Gasteiger partial charge is 0.480 e. The van der Waals surface area contributed by atoms with E-state index in [4.69, 9.17) is 4.74 Å². The van der Waals surface area contributed by atoms with Gasteiger partial charge in [0.15, 0.2) is 0 Å². The molecule has 2 aromatic rings. The minimum Gasteiger partial charge on any atom is -0.480 e. The van der Waals surface area contributed by atoms with E-state index in [-0.39, 0.29) is 29.3 Å². The Morgan fingerprint density at radius 1 is 1.16 bits per heavy atom. The summed E-state index contributed by atoms with van der Waals surface area (Å²) in [6.07, 6.45) is 2.06. The van der Waals surface area contributed by atoms with Gasteiger partial charge in [0.2, 0.25) is 21.8 Å².